The van der Waals surface area contributed by atoms with Crippen molar-refractivity contribution in [2.24, 2.45) is 4.40 Å². The number of nitro benzene ring substituents is 1. The molecule has 1 unspecified atom stereocenters. The highest BCUT2D eigenvalue weighted by atomic mass is 32.2. The molecule has 0 aliphatic rings. The van der Waals surface area contributed by atoms with Gasteiger partial charge in [-0.2, -0.15) is 0 Å². The minimum Gasteiger partial charge on any atom is -0.591 e. The molecule has 1 aromatic carbocycles. The number of hydrogen-bond acceptors (Lipinski definition) is 4. The highest BCUT2D eigenvalue weighted by Crippen LogP contribution is 2.21. The van der Waals surface area contributed by atoms with Crippen LogP contribution in [0.3, 0.4) is 0 Å². The number of hydrogen-bond donors (Lipinski definition) is 0. The van der Waals surface area contributed by atoms with Crippen molar-refractivity contribution in [1.29, 1.82) is 0 Å². The van der Waals surface area contributed by atoms with Gasteiger partial charge in [-0.3, -0.25) is 10.1 Å². The van der Waals surface area contributed by atoms with E-state index < -0.39 is 26.8 Å². The SMILES string of the molecule is C/C(=N\[S+]([O-])C(C)(C)C)c1cc([N+](=O)[O-])ccc1F. The van der Waals surface area contributed by atoms with E-state index in [4.69, 9.17) is 0 Å². The average Bonchev–Trinajstić information content (AvgIpc) is 2.27. The summed E-state index contributed by atoms with van der Waals surface area (Å²) in [5.41, 5.74) is -0.0613. The largest absolute Gasteiger partial charge is 0.591 e. The molecule has 19 heavy (non-hydrogen) atoms. The zero-order valence-corrected chi connectivity index (χ0v) is 12.0. The van der Waals surface area contributed by atoms with Gasteiger partial charge in [-0.05, 0) is 33.8 Å². The number of nitro groups is 1. The molecule has 0 aliphatic carbocycles. The van der Waals surface area contributed by atoms with Crippen LogP contribution in [0.1, 0.15) is 33.3 Å². The number of halogens is 1. The topological polar surface area (TPSA) is 78.6 Å². The van der Waals surface area contributed by atoms with Gasteiger partial charge < -0.3 is 4.55 Å². The third-order valence-corrected chi connectivity index (χ3v) is 3.78. The molecule has 0 fully saturated rings. The van der Waals surface area contributed by atoms with E-state index >= 15 is 0 Å². The Morgan fingerprint density at radius 2 is 2.00 bits per heavy atom. The quantitative estimate of drug-likeness (QED) is 0.371. The molecule has 0 saturated carbocycles. The van der Waals surface area contributed by atoms with E-state index in [2.05, 4.69) is 4.40 Å². The fourth-order valence-electron chi connectivity index (χ4n) is 1.21. The summed E-state index contributed by atoms with van der Waals surface area (Å²) in [5, 5.41) is 10.7. The van der Waals surface area contributed by atoms with Crippen molar-refractivity contribution in [3.63, 3.8) is 0 Å². The molecule has 1 aromatic rings. The predicted molar refractivity (Wildman–Crippen MR) is 73.2 cm³/mol. The third kappa shape index (κ3) is 4.00. The Balaban J connectivity index is 3.19. The summed E-state index contributed by atoms with van der Waals surface area (Å²) in [4.78, 5) is 10.0. The molecule has 0 aliphatic heterocycles. The Morgan fingerprint density at radius 1 is 1.42 bits per heavy atom. The van der Waals surface area contributed by atoms with Gasteiger partial charge in [0.2, 0.25) is 0 Å². The summed E-state index contributed by atoms with van der Waals surface area (Å²) in [6.45, 7) is 6.70. The van der Waals surface area contributed by atoms with Crippen LogP contribution in [-0.4, -0.2) is 19.9 Å². The van der Waals surface area contributed by atoms with Crippen molar-refractivity contribution in [3.05, 3.63) is 39.7 Å². The van der Waals surface area contributed by atoms with Crippen LogP contribution in [0.5, 0.6) is 0 Å². The lowest BCUT2D eigenvalue weighted by atomic mass is 10.1. The van der Waals surface area contributed by atoms with E-state index in [-0.39, 0.29) is 17.0 Å². The highest BCUT2D eigenvalue weighted by molar-refractivity contribution is 7.91. The van der Waals surface area contributed by atoms with Gasteiger partial charge in [0, 0.05) is 17.7 Å². The summed E-state index contributed by atoms with van der Waals surface area (Å²) >= 11 is -1.54. The fraction of sp³-hybridized carbons (Fsp3) is 0.417. The van der Waals surface area contributed by atoms with Gasteiger partial charge in [-0.1, -0.05) is 4.40 Å². The van der Waals surface area contributed by atoms with Gasteiger partial charge >= 0.3 is 0 Å². The van der Waals surface area contributed by atoms with Crippen molar-refractivity contribution in [1.82, 2.24) is 0 Å². The Bertz CT molecular complexity index is 526. The molecule has 0 spiro atoms. The molecule has 1 rings (SSSR count). The molecule has 0 saturated heterocycles. The number of benzene rings is 1. The normalized spacial score (nSPS) is 14.3. The summed E-state index contributed by atoms with van der Waals surface area (Å²) in [7, 11) is 0. The minimum atomic E-state index is -1.54. The number of non-ortho nitro benzene ring substituents is 1. The van der Waals surface area contributed by atoms with Crippen LogP contribution in [-0.2, 0) is 11.4 Å². The van der Waals surface area contributed by atoms with Gasteiger partial charge in [0.1, 0.15) is 21.9 Å². The maximum atomic E-state index is 13.6. The second kappa shape index (κ2) is 5.66. The summed E-state index contributed by atoms with van der Waals surface area (Å²) in [6.07, 6.45) is 0. The molecular weight excluding hydrogens is 271 g/mol. The van der Waals surface area contributed by atoms with Crippen molar-refractivity contribution in [2.45, 2.75) is 32.4 Å². The monoisotopic (exact) mass is 286 g/mol. The molecule has 0 radical (unpaired) electrons. The van der Waals surface area contributed by atoms with E-state index in [0.717, 1.165) is 18.2 Å². The summed E-state index contributed by atoms with van der Waals surface area (Å²) in [5.74, 6) is -0.627. The molecule has 0 heterocycles. The third-order valence-electron chi connectivity index (χ3n) is 2.29. The fourth-order valence-corrected chi connectivity index (χ4v) is 1.84. The average molecular weight is 286 g/mol. The van der Waals surface area contributed by atoms with E-state index in [0.29, 0.717) is 0 Å². The van der Waals surface area contributed by atoms with E-state index in [9.17, 15) is 19.1 Å². The maximum absolute atomic E-state index is 13.6. The number of nitrogens with zero attached hydrogens (tertiary/aromatic N) is 2. The lowest BCUT2D eigenvalue weighted by molar-refractivity contribution is -0.384. The van der Waals surface area contributed by atoms with Gasteiger partial charge in [-0.15, -0.1) is 0 Å². The van der Waals surface area contributed by atoms with Crippen LogP contribution in [0.25, 0.3) is 0 Å². The minimum absolute atomic E-state index is 0.00759. The van der Waals surface area contributed by atoms with Crippen LogP contribution in [0, 0.1) is 15.9 Å². The second-order valence-corrected chi connectivity index (χ2v) is 6.87. The molecule has 0 N–H and O–H groups in total. The zero-order valence-electron chi connectivity index (χ0n) is 11.1. The first-order chi connectivity index (χ1) is 8.62. The Kier molecular flexibility index (Phi) is 4.65. The van der Waals surface area contributed by atoms with Crippen molar-refractivity contribution >= 4 is 22.8 Å². The lowest BCUT2D eigenvalue weighted by Gasteiger charge is -2.18. The van der Waals surface area contributed by atoms with Crippen molar-refractivity contribution < 1.29 is 13.9 Å². The van der Waals surface area contributed by atoms with E-state index in [1.54, 1.807) is 20.8 Å². The molecule has 104 valence electrons. The van der Waals surface area contributed by atoms with Crippen LogP contribution in [0.4, 0.5) is 10.1 Å². The molecule has 0 aromatic heterocycles. The van der Waals surface area contributed by atoms with Crippen LogP contribution in [0.2, 0.25) is 0 Å². The molecule has 1 atom stereocenters. The first-order valence-electron chi connectivity index (χ1n) is 5.54. The summed E-state index contributed by atoms with van der Waals surface area (Å²) in [6, 6.07) is 3.17. The Hall–Kier alpha value is -1.47. The van der Waals surface area contributed by atoms with E-state index in [1.807, 2.05) is 0 Å². The zero-order chi connectivity index (χ0) is 14.8. The maximum Gasteiger partial charge on any atom is 0.270 e. The van der Waals surface area contributed by atoms with Gasteiger partial charge in [0.15, 0.2) is 0 Å². The van der Waals surface area contributed by atoms with Gasteiger partial charge in [0.05, 0.1) is 10.6 Å². The number of rotatable bonds is 3. The Labute approximate surface area is 114 Å². The van der Waals surface area contributed by atoms with Crippen molar-refractivity contribution in [2.75, 3.05) is 0 Å². The molecule has 5 nitrogen and oxygen atoms in total. The molecule has 7 heteroatoms. The predicted octanol–water partition coefficient (Wildman–Crippen LogP) is 3.01. The van der Waals surface area contributed by atoms with Crippen LogP contribution in [0.15, 0.2) is 22.6 Å². The van der Waals surface area contributed by atoms with Crippen LogP contribution >= 0.6 is 0 Å². The smallest absolute Gasteiger partial charge is 0.270 e. The Morgan fingerprint density at radius 3 is 2.47 bits per heavy atom. The molecule has 0 bridgehead atoms. The van der Waals surface area contributed by atoms with Gasteiger partial charge in [0.25, 0.3) is 5.69 Å². The van der Waals surface area contributed by atoms with E-state index in [1.165, 1.54) is 6.92 Å². The lowest BCUT2D eigenvalue weighted by Crippen LogP contribution is -2.26. The first-order valence-corrected chi connectivity index (χ1v) is 6.65. The molecular formula is C12H15FN2O3S. The van der Waals surface area contributed by atoms with Crippen LogP contribution < -0.4 is 0 Å². The highest BCUT2D eigenvalue weighted by Gasteiger charge is 2.27. The standard InChI is InChI=1S/C12H15FN2O3S/c1-8(14-19(18)12(2,3)4)10-7-9(15(16)17)5-6-11(10)13/h5-7H,1-4H3/b14-8+. The first kappa shape index (κ1) is 15.6. The summed E-state index contributed by atoms with van der Waals surface area (Å²) < 4.78 is 28.8. The van der Waals surface area contributed by atoms with Crippen molar-refractivity contribution in [3.8, 4) is 0 Å². The van der Waals surface area contributed by atoms with Gasteiger partial charge in [-0.25, -0.2) is 4.39 Å². The molecule has 0 amide bonds. The second-order valence-electron chi connectivity index (χ2n) is 4.96.